The third-order valence-electron chi connectivity index (χ3n) is 6.10. The highest BCUT2D eigenvalue weighted by molar-refractivity contribution is 5.72. The van der Waals surface area contributed by atoms with Crippen molar-refractivity contribution in [2.75, 3.05) is 38.1 Å². The van der Waals surface area contributed by atoms with E-state index in [0.29, 0.717) is 28.3 Å². The number of rotatable bonds is 3. The molecule has 2 aromatic heterocycles. The molecular weight excluding hydrogens is 368 g/mol. The molecule has 9 nitrogen and oxygen atoms in total. The van der Waals surface area contributed by atoms with E-state index in [-0.39, 0.29) is 5.75 Å². The molecule has 0 bridgehead atoms. The monoisotopic (exact) mass is 392 g/mol. The molecule has 5 rings (SSSR count). The summed E-state index contributed by atoms with van der Waals surface area (Å²) in [6.07, 6.45) is 5.81. The van der Waals surface area contributed by atoms with Gasteiger partial charge in [-0.3, -0.25) is 0 Å². The lowest BCUT2D eigenvalue weighted by Gasteiger charge is -2.53. The first-order chi connectivity index (χ1) is 14.0. The lowest BCUT2D eigenvalue weighted by Crippen LogP contribution is -2.60. The minimum Gasteiger partial charge on any atom is -0.507 e. The van der Waals surface area contributed by atoms with Gasteiger partial charge in [0.05, 0.1) is 12.4 Å². The number of piperidine rings is 1. The smallest absolute Gasteiger partial charge is 0.245 e. The van der Waals surface area contributed by atoms with Crippen LogP contribution in [0.3, 0.4) is 0 Å². The van der Waals surface area contributed by atoms with Gasteiger partial charge in [-0.05, 0) is 45.1 Å². The number of anilines is 1. The number of phenolic OH excluding ortho intramolecular Hbond substituents is 1. The maximum absolute atomic E-state index is 10.5. The number of aryl methyl sites for hydroxylation is 1. The molecule has 29 heavy (non-hydrogen) atoms. The zero-order valence-electron chi connectivity index (χ0n) is 16.7. The second-order valence-electron chi connectivity index (χ2n) is 8.25. The topological polar surface area (TPSA) is 96.1 Å². The van der Waals surface area contributed by atoms with Gasteiger partial charge in [0, 0.05) is 36.7 Å². The molecule has 0 amide bonds. The van der Waals surface area contributed by atoms with E-state index in [4.69, 9.17) is 0 Å². The summed E-state index contributed by atoms with van der Waals surface area (Å²) in [5.74, 6) is 0.778. The summed E-state index contributed by atoms with van der Waals surface area (Å²) >= 11 is 0. The lowest BCUT2D eigenvalue weighted by atomic mass is 9.72. The van der Waals surface area contributed by atoms with Gasteiger partial charge < -0.3 is 14.9 Å². The average Bonchev–Trinajstić information content (AvgIpc) is 3.14. The molecule has 1 spiro atoms. The Morgan fingerprint density at radius 3 is 2.41 bits per heavy atom. The van der Waals surface area contributed by atoms with E-state index in [1.165, 1.54) is 17.6 Å². The van der Waals surface area contributed by atoms with Gasteiger partial charge in [-0.15, -0.1) is 10.2 Å². The molecule has 2 aliphatic heterocycles. The summed E-state index contributed by atoms with van der Waals surface area (Å²) in [6, 6.07) is 5.35. The van der Waals surface area contributed by atoms with Crippen LogP contribution in [0.1, 0.15) is 12.8 Å². The minimum atomic E-state index is 0.117. The second kappa shape index (κ2) is 6.77. The average molecular weight is 392 g/mol. The molecule has 2 fully saturated rings. The van der Waals surface area contributed by atoms with Crippen molar-refractivity contribution in [1.29, 1.82) is 0 Å². The van der Waals surface area contributed by atoms with Gasteiger partial charge in [-0.1, -0.05) is 6.07 Å². The number of benzene rings is 1. The molecule has 2 aliphatic rings. The quantitative estimate of drug-likeness (QED) is 0.718. The van der Waals surface area contributed by atoms with Crippen LogP contribution in [0, 0.1) is 5.41 Å². The first kappa shape index (κ1) is 18.0. The number of hydrogen-bond donors (Lipinski definition) is 1. The Morgan fingerprint density at radius 2 is 1.79 bits per heavy atom. The second-order valence-corrected chi connectivity index (χ2v) is 8.25. The Kier molecular flexibility index (Phi) is 4.20. The molecule has 9 heteroatoms. The highest BCUT2D eigenvalue weighted by Gasteiger charge is 2.45. The molecule has 1 N–H and O–H groups in total. The van der Waals surface area contributed by atoms with E-state index in [0.717, 1.165) is 31.7 Å². The van der Waals surface area contributed by atoms with E-state index in [9.17, 15) is 5.11 Å². The Balaban J connectivity index is 1.30. The van der Waals surface area contributed by atoms with Crippen LogP contribution in [0.25, 0.3) is 22.5 Å². The van der Waals surface area contributed by atoms with Crippen molar-refractivity contribution in [3.63, 3.8) is 0 Å². The summed E-state index contributed by atoms with van der Waals surface area (Å²) in [4.78, 5) is 10.6. The molecule has 1 aromatic carbocycles. The Labute approximate surface area is 169 Å². The first-order valence-electron chi connectivity index (χ1n) is 9.85. The van der Waals surface area contributed by atoms with Crippen molar-refractivity contribution in [2.24, 2.45) is 12.5 Å². The normalized spacial score (nSPS) is 18.8. The number of likely N-dealkylation sites (tertiary alicyclic amines) is 1. The van der Waals surface area contributed by atoms with Crippen LogP contribution >= 0.6 is 0 Å². The number of aromatic nitrogens is 6. The Bertz CT molecular complexity index is 1020. The summed E-state index contributed by atoms with van der Waals surface area (Å²) < 4.78 is 0. The molecule has 0 unspecified atom stereocenters. The van der Waals surface area contributed by atoms with Gasteiger partial charge in [-0.2, -0.15) is 15.0 Å². The lowest BCUT2D eigenvalue weighted by molar-refractivity contribution is 0.0893. The van der Waals surface area contributed by atoms with Gasteiger partial charge in [0.1, 0.15) is 17.1 Å². The Morgan fingerprint density at radius 1 is 1.00 bits per heavy atom. The van der Waals surface area contributed by atoms with Crippen LogP contribution < -0.4 is 4.90 Å². The maximum Gasteiger partial charge on any atom is 0.245 e. The predicted octanol–water partition coefficient (Wildman–Crippen LogP) is 1.57. The predicted molar refractivity (Wildman–Crippen MR) is 108 cm³/mol. The Hall–Kier alpha value is -3.07. The molecule has 2 saturated heterocycles. The number of hydrogen-bond acceptors (Lipinski definition) is 8. The highest BCUT2D eigenvalue weighted by Crippen LogP contribution is 2.41. The van der Waals surface area contributed by atoms with E-state index in [1.54, 1.807) is 25.5 Å². The molecule has 0 aliphatic carbocycles. The maximum atomic E-state index is 10.5. The largest absolute Gasteiger partial charge is 0.507 e. The third kappa shape index (κ3) is 3.31. The van der Waals surface area contributed by atoms with Crippen LogP contribution in [0.5, 0.6) is 5.75 Å². The summed E-state index contributed by atoms with van der Waals surface area (Å²) in [7, 11) is 3.94. The fraction of sp³-hybridized carbons (Fsp3) is 0.450. The molecule has 0 radical (unpaired) electrons. The minimum absolute atomic E-state index is 0.117. The van der Waals surface area contributed by atoms with Crippen molar-refractivity contribution in [2.45, 2.75) is 12.8 Å². The van der Waals surface area contributed by atoms with E-state index >= 15 is 0 Å². The van der Waals surface area contributed by atoms with Gasteiger partial charge in [-0.25, -0.2) is 4.98 Å². The number of phenols is 1. The van der Waals surface area contributed by atoms with Crippen LogP contribution in [0.2, 0.25) is 0 Å². The molecule has 0 saturated carbocycles. The van der Waals surface area contributed by atoms with Crippen LogP contribution in [0.4, 0.5) is 5.95 Å². The SMILES string of the molecule is CN1CCC2(CC1)CN(c1ncc(-c3ccc(-c4cnn(C)n4)cc3O)nn1)C2. The van der Waals surface area contributed by atoms with Crippen LogP contribution in [0.15, 0.2) is 30.6 Å². The summed E-state index contributed by atoms with van der Waals surface area (Å²) in [6.45, 7) is 4.32. The standard InChI is InChI=1S/C20H24N8O/c1-26-7-5-20(6-8-26)12-28(13-20)19-21-10-17(23-24-19)15-4-3-14(9-18(15)29)16-11-22-27(2)25-16/h3-4,9-11,29H,5-8,12-13H2,1-2H3. The van der Waals surface area contributed by atoms with E-state index in [2.05, 4.69) is 42.2 Å². The highest BCUT2D eigenvalue weighted by atomic mass is 16.3. The molecule has 0 atom stereocenters. The van der Waals surface area contributed by atoms with Gasteiger partial charge in [0.2, 0.25) is 5.95 Å². The van der Waals surface area contributed by atoms with Crippen LogP contribution in [-0.2, 0) is 7.05 Å². The van der Waals surface area contributed by atoms with Crippen molar-refractivity contribution in [3.8, 4) is 28.3 Å². The zero-order chi connectivity index (χ0) is 20.0. The number of nitrogens with zero attached hydrogens (tertiary/aromatic N) is 8. The first-order valence-corrected chi connectivity index (χ1v) is 9.85. The van der Waals surface area contributed by atoms with Crippen molar-refractivity contribution in [3.05, 3.63) is 30.6 Å². The third-order valence-corrected chi connectivity index (χ3v) is 6.10. The summed E-state index contributed by atoms with van der Waals surface area (Å²) in [5.41, 5.74) is 3.06. The fourth-order valence-corrected chi connectivity index (χ4v) is 4.24. The summed E-state index contributed by atoms with van der Waals surface area (Å²) in [5, 5.41) is 27.4. The zero-order valence-corrected chi connectivity index (χ0v) is 16.7. The van der Waals surface area contributed by atoms with Crippen molar-refractivity contribution in [1.82, 2.24) is 35.1 Å². The van der Waals surface area contributed by atoms with E-state index in [1.807, 2.05) is 12.1 Å². The fourth-order valence-electron chi connectivity index (χ4n) is 4.24. The van der Waals surface area contributed by atoms with Crippen molar-refractivity contribution >= 4 is 5.95 Å². The van der Waals surface area contributed by atoms with Gasteiger partial charge in [0.25, 0.3) is 0 Å². The van der Waals surface area contributed by atoms with Gasteiger partial charge in [0.15, 0.2) is 0 Å². The van der Waals surface area contributed by atoms with E-state index < -0.39 is 0 Å². The number of aromatic hydroxyl groups is 1. The molecular formula is C20H24N8O. The molecule has 3 aromatic rings. The van der Waals surface area contributed by atoms with Gasteiger partial charge >= 0.3 is 0 Å². The molecule has 4 heterocycles. The molecule has 150 valence electrons. The van der Waals surface area contributed by atoms with Crippen molar-refractivity contribution < 1.29 is 5.11 Å². The van der Waals surface area contributed by atoms with Crippen LogP contribution in [-0.4, -0.2) is 73.4 Å².